The lowest BCUT2D eigenvalue weighted by Gasteiger charge is -2.11. The van der Waals surface area contributed by atoms with Crippen molar-refractivity contribution in [2.75, 3.05) is 20.3 Å². The fraction of sp³-hybridized carbons (Fsp3) is 0.312. The van der Waals surface area contributed by atoms with Crippen molar-refractivity contribution in [3.8, 4) is 5.75 Å². The van der Waals surface area contributed by atoms with E-state index in [-0.39, 0.29) is 0 Å². The lowest BCUT2D eigenvalue weighted by atomic mass is 10.2. The third-order valence-electron chi connectivity index (χ3n) is 2.87. The zero-order chi connectivity index (χ0) is 14.0. The predicted molar refractivity (Wildman–Crippen MR) is 78.6 cm³/mol. The van der Waals surface area contributed by atoms with Gasteiger partial charge in [-0.25, -0.2) is 0 Å². The van der Waals surface area contributed by atoms with E-state index < -0.39 is 0 Å². The molecule has 4 heteroatoms. The molecule has 1 N–H and O–H groups in total. The van der Waals surface area contributed by atoms with Crippen LogP contribution in [0.3, 0.4) is 0 Å². The largest absolute Gasteiger partial charge is 0.487 e. The standard InChI is InChI=1S/C16H20N2O2/c1-19-11-10-17-12-14-6-2-3-8-16(14)20-13-15-7-4-5-9-18-15/h2-9,17H,10-13H2,1H3. The molecule has 0 radical (unpaired) electrons. The lowest BCUT2D eigenvalue weighted by molar-refractivity contribution is 0.199. The van der Waals surface area contributed by atoms with E-state index in [0.29, 0.717) is 13.2 Å². The second-order valence-corrected chi connectivity index (χ2v) is 4.39. The summed E-state index contributed by atoms with van der Waals surface area (Å²) in [7, 11) is 1.70. The van der Waals surface area contributed by atoms with Gasteiger partial charge in [-0.05, 0) is 18.2 Å². The van der Waals surface area contributed by atoms with Gasteiger partial charge in [0, 0.05) is 32.0 Å². The van der Waals surface area contributed by atoms with Gasteiger partial charge in [-0.1, -0.05) is 24.3 Å². The summed E-state index contributed by atoms with van der Waals surface area (Å²) in [5.74, 6) is 0.892. The molecule has 4 nitrogen and oxygen atoms in total. The molecule has 0 unspecified atom stereocenters. The summed E-state index contributed by atoms with van der Waals surface area (Å²) in [6.07, 6.45) is 1.77. The Morgan fingerprint density at radius 3 is 2.75 bits per heavy atom. The van der Waals surface area contributed by atoms with Crippen molar-refractivity contribution in [1.82, 2.24) is 10.3 Å². The summed E-state index contributed by atoms with van der Waals surface area (Å²) in [5.41, 5.74) is 2.06. The average Bonchev–Trinajstić information content (AvgIpc) is 2.51. The minimum Gasteiger partial charge on any atom is -0.487 e. The topological polar surface area (TPSA) is 43.4 Å². The summed E-state index contributed by atoms with van der Waals surface area (Å²) in [4.78, 5) is 4.25. The molecule has 0 atom stereocenters. The summed E-state index contributed by atoms with van der Waals surface area (Å²) in [6.45, 7) is 2.78. The first-order chi connectivity index (χ1) is 9.90. The number of pyridine rings is 1. The average molecular weight is 272 g/mol. The number of rotatable bonds is 8. The van der Waals surface area contributed by atoms with Crippen molar-refractivity contribution in [1.29, 1.82) is 0 Å². The fourth-order valence-corrected chi connectivity index (χ4v) is 1.82. The summed E-state index contributed by atoms with van der Waals surface area (Å²) in [5, 5.41) is 3.32. The minimum absolute atomic E-state index is 0.482. The molecule has 1 aromatic heterocycles. The molecule has 2 rings (SSSR count). The van der Waals surface area contributed by atoms with E-state index >= 15 is 0 Å². The zero-order valence-corrected chi connectivity index (χ0v) is 11.7. The van der Waals surface area contributed by atoms with E-state index in [1.54, 1.807) is 13.3 Å². The van der Waals surface area contributed by atoms with Gasteiger partial charge >= 0.3 is 0 Å². The second-order valence-electron chi connectivity index (χ2n) is 4.39. The van der Waals surface area contributed by atoms with Gasteiger partial charge in [-0.15, -0.1) is 0 Å². The molecule has 0 aliphatic heterocycles. The molecular weight excluding hydrogens is 252 g/mol. The molecule has 20 heavy (non-hydrogen) atoms. The quantitative estimate of drug-likeness (QED) is 0.749. The molecule has 0 saturated carbocycles. The molecule has 0 aliphatic rings. The first-order valence-electron chi connectivity index (χ1n) is 6.70. The Hall–Kier alpha value is -1.91. The Labute approximate surface area is 119 Å². The third kappa shape index (κ3) is 4.64. The van der Waals surface area contributed by atoms with Crippen LogP contribution >= 0.6 is 0 Å². The van der Waals surface area contributed by atoms with Crippen molar-refractivity contribution in [2.24, 2.45) is 0 Å². The second kappa shape index (κ2) is 8.30. The number of methoxy groups -OCH3 is 1. The van der Waals surface area contributed by atoms with Crippen molar-refractivity contribution < 1.29 is 9.47 Å². The van der Waals surface area contributed by atoms with E-state index in [4.69, 9.17) is 9.47 Å². The maximum absolute atomic E-state index is 5.85. The molecular formula is C16H20N2O2. The van der Waals surface area contributed by atoms with Crippen LogP contribution in [-0.4, -0.2) is 25.2 Å². The van der Waals surface area contributed by atoms with Gasteiger partial charge in [0.1, 0.15) is 12.4 Å². The van der Waals surface area contributed by atoms with Gasteiger partial charge in [-0.3, -0.25) is 4.98 Å². The minimum atomic E-state index is 0.482. The summed E-state index contributed by atoms with van der Waals surface area (Å²) < 4.78 is 10.9. The molecule has 0 aliphatic carbocycles. The van der Waals surface area contributed by atoms with Gasteiger partial charge < -0.3 is 14.8 Å². The summed E-state index contributed by atoms with van der Waals surface area (Å²) in [6, 6.07) is 13.9. The number of benzene rings is 1. The van der Waals surface area contributed by atoms with Crippen LogP contribution in [0.25, 0.3) is 0 Å². The monoisotopic (exact) mass is 272 g/mol. The van der Waals surface area contributed by atoms with E-state index in [2.05, 4.69) is 16.4 Å². The first-order valence-corrected chi connectivity index (χ1v) is 6.70. The molecule has 0 spiro atoms. The van der Waals surface area contributed by atoms with Crippen LogP contribution in [0, 0.1) is 0 Å². The van der Waals surface area contributed by atoms with Crippen LogP contribution in [0.15, 0.2) is 48.7 Å². The molecule has 2 aromatic rings. The van der Waals surface area contributed by atoms with Crippen LogP contribution < -0.4 is 10.1 Å². The number of para-hydroxylation sites is 1. The Morgan fingerprint density at radius 2 is 1.95 bits per heavy atom. The Balaban J connectivity index is 1.90. The fourth-order valence-electron chi connectivity index (χ4n) is 1.82. The maximum atomic E-state index is 5.85. The maximum Gasteiger partial charge on any atom is 0.130 e. The van der Waals surface area contributed by atoms with Gasteiger partial charge in [0.25, 0.3) is 0 Å². The van der Waals surface area contributed by atoms with Crippen LogP contribution in [-0.2, 0) is 17.9 Å². The van der Waals surface area contributed by atoms with E-state index in [0.717, 1.165) is 30.1 Å². The number of aromatic nitrogens is 1. The molecule has 0 amide bonds. The van der Waals surface area contributed by atoms with Crippen molar-refractivity contribution in [2.45, 2.75) is 13.2 Å². The molecule has 0 fully saturated rings. The van der Waals surface area contributed by atoms with E-state index in [1.165, 1.54) is 0 Å². The normalized spacial score (nSPS) is 10.4. The van der Waals surface area contributed by atoms with Crippen LogP contribution in [0.1, 0.15) is 11.3 Å². The molecule has 0 saturated heterocycles. The SMILES string of the molecule is COCCNCc1ccccc1OCc1ccccn1. The number of nitrogens with zero attached hydrogens (tertiary/aromatic N) is 1. The number of hydrogen-bond acceptors (Lipinski definition) is 4. The Morgan fingerprint density at radius 1 is 1.10 bits per heavy atom. The zero-order valence-electron chi connectivity index (χ0n) is 11.7. The Kier molecular flexibility index (Phi) is 6.02. The van der Waals surface area contributed by atoms with Gasteiger partial charge in [0.05, 0.1) is 12.3 Å². The van der Waals surface area contributed by atoms with Crippen LogP contribution in [0.5, 0.6) is 5.75 Å². The number of hydrogen-bond donors (Lipinski definition) is 1. The van der Waals surface area contributed by atoms with Crippen molar-refractivity contribution in [3.63, 3.8) is 0 Å². The highest BCUT2D eigenvalue weighted by Gasteiger charge is 2.03. The first kappa shape index (κ1) is 14.5. The molecule has 1 heterocycles. The van der Waals surface area contributed by atoms with Gasteiger partial charge in [-0.2, -0.15) is 0 Å². The Bertz CT molecular complexity index is 503. The number of nitrogens with one attached hydrogen (secondary N) is 1. The van der Waals surface area contributed by atoms with Crippen molar-refractivity contribution >= 4 is 0 Å². The van der Waals surface area contributed by atoms with Crippen molar-refractivity contribution in [3.05, 3.63) is 59.9 Å². The highest BCUT2D eigenvalue weighted by molar-refractivity contribution is 5.33. The van der Waals surface area contributed by atoms with E-state index in [9.17, 15) is 0 Å². The summed E-state index contributed by atoms with van der Waals surface area (Å²) >= 11 is 0. The molecule has 0 bridgehead atoms. The highest BCUT2D eigenvalue weighted by Crippen LogP contribution is 2.18. The highest BCUT2D eigenvalue weighted by atomic mass is 16.5. The number of ether oxygens (including phenoxy) is 2. The molecule has 1 aromatic carbocycles. The van der Waals surface area contributed by atoms with Crippen LogP contribution in [0.4, 0.5) is 0 Å². The van der Waals surface area contributed by atoms with Gasteiger partial charge in [0.15, 0.2) is 0 Å². The third-order valence-corrected chi connectivity index (χ3v) is 2.87. The van der Waals surface area contributed by atoms with Gasteiger partial charge in [0.2, 0.25) is 0 Å². The van der Waals surface area contributed by atoms with E-state index in [1.807, 2.05) is 36.4 Å². The lowest BCUT2D eigenvalue weighted by Crippen LogP contribution is -2.19. The predicted octanol–water partition coefficient (Wildman–Crippen LogP) is 2.40. The molecule has 106 valence electrons. The smallest absolute Gasteiger partial charge is 0.130 e. The van der Waals surface area contributed by atoms with Crippen LogP contribution in [0.2, 0.25) is 0 Å².